The van der Waals surface area contributed by atoms with E-state index < -0.39 is 0 Å². The Hall–Kier alpha value is -1.55. The van der Waals surface area contributed by atoms with E-state index >= 15 is 0 Å². The largest absolute Gasteiger partial charge is 0.368 e. The molecule has 116 valence electrons. The van der Waals surface area contributed by atoms with Gasteiger partial charge >= 0.3 is 0 Å². The molecule has 2 rings (SSSR count). The van der Waals surface area contributed by atoms with Crippen molar-refractivity contribution >= 4 is 11.6 Å². The maximum Gasteiger partial charge on any atom is 0.250 e. The van der Waals surface area contributed by atoms with Gasteiger partial charge in [-0.3, -0.25) is 4.79 Å². The first-order valence-electron chi connectivity index (χ1n) is 7.87. The van der Waals surface area contributed by atoms with E-state index in [1.54, 1.807) is 0 Å². The smallest absolute Gasteiger partial charge is 0.250 e. The first kappa shape index (κ1) is 15.8. The zero-order valence-corrected chi connectivity index (χ0v) is 13.4. The number of rotatable bonds is 5. The van der Waals surface area contributed by atoms with Gasteiger partial charge in [-0.1, -0.05) is 6.07 Å². The number of primary amides is 1. The quantitative estimate of drug-likeness (QED) is 0.874. The van der Waals surface area contributed by atoms with Crippen molar-refractivity contribution in [2.75, 3.05) is 24.5 Å². The predicted octanol–water partition coefficient (Wildman–Crippen LogP) is 2.31. The van der Waals surface area contributed by atoms with Crippen LogP contribution in [0.3, 0.4) is 0 Å². The first-order valence-corrected chi connectivity index (χ1v) is 7.87. The topological polar surface area (TPSA) is 58.4 Å². The van der Waals surface area contributed by atoms with Gasteiger partial charge in [-0.05, 0) is 70.3 Å². The van der Waals surface area contributed by atoms with Crippen LogP contribution in [0.25, 0.3) is 0 Å². The third-order valence-corrected chi connectivity index (χ3v) is 4.21. The molecule has 1 amide bonds. The first-order chi connectivity index (χ1) is 9.99. The van der Waals surface area contributed by atoms with Crippen LogP contribution in [0, 0.1) is 12.8 Å². The van der Waals surface area contributed by atoms with E-state index in [0.29, 0.717) is 17.5 Å². The zero-order valence-electron chi connectivity index (χ0n) is 13.4. The molecular weight excluding hydrogens is 262 g/mol. The van der Waals surface area contributed by atoms with Crippen molar-refractivity contribution in [1.82, 2.24) is 5.32 Å². The third-order valence-electron chi connectivity index (χ3n) is 4.21. The maximum atomic E-state index is 11.7. The monoisotopic (exact) mass is 289 g/mol. The molecule has 1 fully saturated rings. The number of benzene rings is 1. The standard InChI is InChI=1S/C17H27N3O/c1-12(2)20(11-14-5-4-8-19-10-14)16-9-13(3)6-7-15(16)17(18)21/h6-7,9,12,14,19H,4-5,8,10-11H2,1-3H3,(H2,18,21). The van der Waals surface area contributed by atoms with Crippen molar-refractivity contribution in [3.63, 3.8) is 0 Å². The van der Waals surface area contributed by atoms with Crippen LogP contribution in [0.4, 0.5) is 5.69 Å². The van der Waals surface area contributed by atoms with E-state index in [9.17, 15) is 4.79 Å². The summed E-state index contributed by atoms with van der Waals surface area (Å²) in [6, 6.07) is 6.22. The van der Waals surface area contributed by atoms with Crippen LogP contribution in [0.5, 0.6) is 0 Å². The molecular formula is C17H27N3O. The van der Waals surface area contributed by atoms with Crippen molar-refractivity contribution in [3.8, 4) is 0 Å². The lowest BCUT2D eigenvalue weighted by Crippen LogP contribution is -2.42. The molecule has 1 aliphatic rings. The summed E-state index contributed by atoms with van der Waals surface area (Å²) in [6.45, 7) is 9.53. The highest BCUT2D eigenvalue weighted by molar-refractivity contribution is 5.98. The summed E-state index contributed by atoms with van der Waals surface area (Å²) in [6.07, 6.45) is 2.47. The molecule has 0 bridgehead atoms. The van der Waals surface area contributed by atoms with E-state index in [1.165, 1.54) is 12.8 Å². The number of hydrogen-bond acceptors (Lipinski definition) is 3. The number of hydrogen-bond donors (Lipinski definition) is 2. The average molecular weight is 289 g/mol. The lowest BCUT2D eigenvalue weighted by molar-refractivity contribution is 0.100. The molecule has 0 aromatic heterocycles. The number of carbonyl (C=O) groups excluding carboxylic acids is 1. The Labute approximate surface area is 127 Å². The highest BCUT2D eigenvalue weighted by Gasteiger charge is 2.22. The summed E-state index contributed by atoms with van der Waals surface area (Å²) in [5.74, 6) is 0.278. The predicted molar refractivity (Wildman–Crippen MR) is 87.8 cm³/mol. The number of carbonyl (C=O) groups is 1. The minimum absolute atomic E-state index is 0.340. The molecule has 4 nitrogen and oxygen atoms in total. The summed E-state index contributed by atoms with van der Waals surface area (Å²) in [5, 5.41) is 3.46. The Morgan fingerprint density at radius 1 is 1.48 bits per heavy atom. The van der Waals surface area contributed by atoms with Crippen LogP contribution in [-0.2, 0) is 0 Å². The second kappa shape index (κ2) is 6.94. The highest BCUT2D eigenvalue weighted by Crippen LogP contribution is 2.26. The van der Waals surface area contributed by atoms with Crippen LogP contribution in [0.15, 0.2) is 18.2 Å². The van der Waals surface area contributed by atoms with Crippen LogP contribution < -0.4 is 16.0 Å². The molecule has 0 aliphatic carbocycles. The van der Waals surface area contributed by atoms with Gasteiger partial charge in [0.05, 0.1) is 11.3 Å². The number of nitrogens with two attached hydrogens (primary N) is 1. The van der Waals surface area contributed by atoms with Crippen LogP contribution in [0.2, 0.25) is 0 Å². The Bertz CT molecular complexity index is 493. The summed E-state index contributed by atoms with van der Waals surface area (Å²) < 4.78 is 0. The summed E-state index contributed by atoms with van der Waals surface area (Å²) in [5.41, 5.74) is 8.31. The van der Waals surface area contributed by atoms with Gasteiger partial charge in [-0.15, -0.1) is 0 Å². The second-order valence-corrected chi connectivity index (χ2v) is 6.34. The zero-order chi connectivity index (χ0) is 15.4. The molecule has 4 heteroatoms. The van der Waals surface area contributed by atoms with Crippen LogP contribution >= 0.6 is 0 Å². The number of amides is 1. The Kier molecular flexibility index (Phi) is 5.23. The highest BCUT2D eigenvalue weighted by atomic mass is 16.1. The molecule has 0 radical (unpaired) electrons. The Morgan fingerprint density at radius 2 is 2.24 bits per heavy atom. The summed E-state index contributed by atoms with van der Waals surface area (Å²) in [4.78, 5) is 14.1. The fraction of sp³-hybridized carbons (Fsp3) is 0.588. The molecule has 1 unspecified atom stereocenters. The fourth-order valence-electron chi connectivity index (χ4n) is 3.03. The number of nitrogens with one attached hydrogen (secondary N) is 1. The molecule has 21 heavy (non-hydrogen) atoms. The van der Waals surface area contributed by atoms with Crippen LogP contribution in [-0.4, -0.2) is 31.6 Å². The maximum absolute atomic E-state index is 11.7. The van der Waals surface area contributed by atoms with E-state index in [4.69, 9.17) is 5.73 Å². The molecule has 0 saturated carbocycles. The number of piperidine rings is 1. The van der Waals surface area contributed by atoms with Crippen molar-refractivity contribution in [2.24, 2.45) is 11.7 Å². The van der Waals surface area contributed by atoms with Gasteiger partial charge in [0.15, 0.2) is 0 Å². The van der Waals surface area contributed by atoms with Gasteiger partial charge in [0.1, 0.15) is 0 Å². The SMILES string of the molecule is Cc1ccc(C(N)=O)c(N(CC2CCCNC2)C(C)C)c1. The molecule has 1 aromatic rings. The Morgan fingerprint density at radius 3 is 2.81 bits per heavy atom. The Balaban J connectivity index is 2.28. The van der Waals surface area contributed by atoms with Crippen molar-refractivity contribution < 1.29 is 4.79 Å². The van der Waals surface area contributed by atoms with Gasteiger partial charge in [0, 0.05) is 12.6 Å². The lowest BCUT2D eigenvalue weighted by Gasteiger charge is -2.35. The van der Waals surface area contributed by atoms with Crippen molar-refractivity contribution in [2.45, 2.75) is 39.7 Å². The normalized spacial score (nSPS) is 18.8. The van der Waals surface area contributed by atoms with Gasteiger partial charge in [0.25, 0.3) is 5.91 Å². The minimum atomic E-state index is -0.350. The van der Waals surface area contributed by atoms with E-state index in [1.807, 2.05) is 12.1 Å². The molecule has 1 aliphatic heterocycles. The van der Waals surface area contributed by atoms with Crippen molar-refractivity contribution in [1.29, 1.82) is 0 Å². The third kappa shape index (κ3) is 3.97. The molecule has 0 spiro atoms. The van der Waals surface area contributed by atoms with Gasteiger partial charge in [-0.2, -0.15) is 0 Å². The minimum Gasteiger partial charge on any atom is -0.368 e. The lowest BCUT2D eigenvalue weighted by atomic mass is 9.97. The van der Waals surface area contributed by atoms with Crippen molar-refractivity contribution in [3.05, 3.63) is 29.3 Å². The average Bonchev–Trinajstić information content (AvgIpc) is 2.45. The number of nitrogens with zero attached hydrogens (tertiary/aromatic N) is 1. The van der Waals surface area contributed by atoms with Gasteiger partial charge in [-0.25, -0.2) is 0 Å². The van der Waals surface area contributed by atoms with Gasteiger partial charge < -0.3 is 16.0 Å². The van der Waals surface area contributed by atoms with Crippen LogP contribution in [0.1, 0.15) is 42.6 Å². The van der Waals surface area contributed by atoms with E-state index in [-0.39, 0.29) is 5.91 Å². The molecule has 3 N–H and O–H groups in total. The molecule has 1 saturated heterocycles. The summed E-state index contributed by atoms with van der Waals surface area (Å²) in [7, 11) is 0. The fourth-order valence-corrected chi connectivity index (χ4v) is 3.03. The van der Waals surface area contributed by atoms with Gasteiger partial charge in [0.2, 0.25) is 0 Å². The molecule has 1 atom stereocenters. The van der Waals surface area contributed by atoms with E-state index in [2.05, 4.69) is 37.1 Å². The second-order valence-electron chi connectivity index (χ2n) is 6.34. The summed E-state index contributed by atoms with van der Waals surface area (Å²) >= 11 is 0. The molecule has 1 heterocycles. The molecule has 1 aromatic carbocycles. The van der Waals surface area contributed by atoms with E-state index in [0.717, 1.165) is 30.9 Å². The number of aryl methyl sites for hydroxylation is 1. The number of anilines is 1.